The molecule has 0 saturated carbocycles. The third-order valence-electron chi connectivity index (χ3n) is 8.92. The van der Waals surface area contributed by atoms with E-state index in [0.29, 0.717) is 12.0 Å². The van der Waals surface area contributed by atoms with Crippen molar-refractivity contribution in [1.82, 2.24) is 31.1 Å². The van der Waals surface area contributed by atoms with Crippen LogP contribution in [0.1, 0.15) is 29.2 Å². The average Bonchev–Trinajstić information content (AvgIpc) is 3.12. The quantitative estimate of drug-likeness (QED) is 0.120. The number of aromatic hydroxyl groups is 2. The Balaban J connectivity index is 1.61. The van der Waals surface area contributed by atoms with E-state index < -0.39 is 79.4 Å². The SMILES string of the molecule is CN(C)C(CO)C(=O)NC(CCc1ccccc1)C(=O)NCC(=O)N(C)C1C(=O)NCC(=O)NC(C(=O)O)Cc2ccc(O)c(c2)-c2cc1ccc2O. The highest BCUT2D eigenvalue weighted by atomic mass is 16.4. The summed E-state index contributed by atoms with van der Waals surface area (Å²) in [5.41, 5.74) is 1.69. The van der Waals surface area contributed by atoms with Gasteiger partial charge < -0.3 is 46.6 Å². The van der Waals surface area contributed by atoms with E-state index in [9.17, 15) is 49.2 Å². The molecule has 4 unspecified atom stereocenters. The highest BCUT2D eigenvalue weighted by Crippen LogP contribution is 2.38. The molecule has 8 N–H and O–H groups in total. The Bertz CT molecular complexity index is 1840. The fourth-order valence-electron chi connectivity index (χ4n) is 5.89. The fourth-order valence-corrected chi connectivity index (χ4v) is 5.89. The normalized spacial score (nSPS) is 17.0. The van der Waals surface area contributed by atoms with Crippen LogP contribution in [0.5, 0.6) is 11.5 Å². The number of fused-ring (bicyclic) bond motifs is 5. The number of aryl methyl sites for hydroxylation is 1. The number of phenols is 2. The van der Waals surface area contributed by atoms with Crippen LogP contribution >= 0.6 is 0 Å². The first-order chi connectivity index (χ1) is 25.2. The first-order valence-corrected chi connectivity index (χ1v) is 16.8. The van der Waals surface area contributed by atoms with Crippen LogP contribution in [0.25, 0.3) is 11.1 Å². The zero-order valence-corrected chi connectivity index (χ0v) is 29.5. The molecule has 1 aliphatic rings. The number of carbonyl (C=O) groups is 6. The number of hydrogen-bond donors (Lipinski definition) is 8. The van der Waals surface area contributed by atoms with Crippen LogP contribution in [0.15, 0.2) is 66.7 Å². The molecule has 3 aromatic rings. The summed E-state index contributed by atoms with van der Waals surface area (Å²) < 4.78 is 0. The van der Waals surface area contributed by atoms with Gasteiger partial charge in [-0.2, -0.15) is 0 Å². The minimum atomic E-state index is -1.44. The number of benzene rings is 3. The van der Waals surface area contributed by atoms with Crippen molar-refractivity contribution >= 4 is 35.5 Å². The minimum Gasteiger partial charge on any atom is -0.507 e. The molecular formula is C37H44N6O10. The van der Waals surface area contributed by atoms with Crippen LogP contribution in [0.3, 0.4) is 0 Å². The summed E-state index contributed by atoms with van der Waals surface area (Å²) in [5.74, 6) is -5.56. The molecule has 0 aliphatic carbocycles. The summed E-state index contributed by atoms with van der Waals surface area (Å²) in [6, 6.07) is 12.7. The van der Waals surface area contributed by atoms with Crippen LogP contribution in [0.4, 0.5) is 0 Å². The van der Waals surface area contributed by atoms with Gasteiger partial charge in [0, 0.05) is 24.6 Å². The molecule has 4 bridgehead atoms. The third kappa shape index (κ3) is 10.3. The second-order valence-corrected chi connectivity index (χ2v) is 12.9. The van der Waals surface area contributed by atoms with Gasteiger partial charge in [-0.25, -0.2) is 4.79 Å². The number of phenolic OH excluding ortho intramolecular Hbond substituents is 2. The largest absolute Gasteiger partial charge is 0.507 e. The lowest BCUT2D eigenvalue weighted by Gasteiger charge is -2.29. The zero-order chi connectivity index (χ0) is 38.8. The summed E-state index contributed by atoms with van der Waals surface area (Å²) in [5, 5.41) is 51.0. The summed E-state index contributed by atoms with van der Waals surface area (Å²) >= 11 is 0. The molecule has 0 fully saturated rings. The molecular weight excluding hydrogens is 688 g/mol. The lowest BCUT2D eigenvalue weighted by Crippen LogP contribution is -2.55. The molecule has 4 atom stereocenters. The van der Waals surface area contributed by atoms with Crippen LogP contribution < -0.4 is 21.3 Å². The molecule has 4 rings (SSSR count). The maximum Gasteiger partial charge on any atom is 0.326 e. The molecule has 0 radical (unpaired) electrons. The van der Waals surface area contributed by atoms with Gasteiger partial charge >= 0.3 is 5.97 Å². The molecule has 3 aromatic carbocycles. The third-order valence-corrected chi connectivity index (χ3v) is 8.92. The van der Waals surface area contributed by atoms with Crippen molar-refractivity contribution < 1.29 is 49.2 Å². The lowest BCUT2D eigenvalue weighted by molar-refractivity contribution is -0.142. The Morgan fingerprint density at radius 2 is 1.57 bits per heavy atom. The standard InChI is InChI=1S/C37H44N6O10/c1-42(2)28(20-44)35(50)41-26(12-9-21-7-5-4-6-8-21)34(49)39-19-32(48)43(3)33-23-11-14-30(46)25(17-23)24-15-22(10-13-29(24)45)16-27(37(52)53)40-31(47)18-38-36(33)51/h4-8,10-11,13-15,17,26-28,33,44-46H,9,12,16,18-20H2,1-3H3,(H,38,51)(H,39,49)(H,40,47)(H,41,50)(H,52,53). The van der Waals surface area contributed by atoms with Crippen molar-refractivity contribution in [3.05, 3.63) is 83.4 Å². The summed E-state index contributed by atoms with van der Waals surface area (Å²) in [4.78, 5) is 81.0. The average molecular weight is 733 g/mol. The number of carboxylic acids is 1. The van der Waals surface area contributed by atoms with Crippen molar-refractivity contribution in [3.8, 4) is 22.6 Å². The lowest BCUT2D eigenvalue weighted by atomic mass is 9.94. The predicted octanol–water partition coefficient (Wildman–Crippen LogP) is -0.338. The molecule has 5 amide bonds. The molecule has 282 valence electrons. The number of aliphatic carboxylic acids is 1. The number of hydrogen-bond acceptors (Lipinski definition) is 10. The molecule has 0 spiro atoms. The van der Waals surface area contributed by atoms with E-state index >= 15 is 0 Å². The fraction of sp³-hybridized carbons (Fsp3) is 0.351. The number of amides is 5. The molecule has 0 saturated heterocycles. The second kappa shape index (κ2) is 18.0. The maximum absolute atomic E-state index is 13.7. The van der Waals surface area contributed by atoms with Gasteiger partial charge in [-0.05, 0) is 67.9 Å². The smallest absolute Gasteiger partial charge is 0.326 e. The van der Waals surface area contributed by atoms with E-state index in [2.05, 4.69) is 21.3 Å². The van der Waals surface area contributed by atoms with Gasteiger partial charge in [0.15, 0.2) is 0 Å². The second-order valence-electron chi connectivity index (χ2n) is 12.9. The van der Waals surface area contributed by atoms with Crippen molar-refractivity contribution in [3.63, 3.8) is 0 Å². The molecule has 16 nitrogen and oxygen atoms in total. The number of carboxylic acid groups (broad SMARTS) is 1. The molecule has 1 aliphatic heterocycles. The van der Waals surface area contributed by atoms with Crippen LogP contribution in [0, 0.1) is 0 Å². The number of nitrogens with one attached hydrogen (secondary N) is 4. The number of likely N-dealkylation sites (N-methyl/N-ethyl adjacent to an activating group) is 2. The Morgan fingerprint density at radius 1 is 0.906 bits per heavy atom. The highest BCUT2D eigenvalue weighted by molar-refractivity contribution is 5.95. The number of aliphatic hydroxyl groups is 1. The highest BCUT2D eigenvalue weighted by Gasteiger charge is 2.32. The Kier molecular flexibility index (Phi) is 13.5. The number of aliphatic hydroxyl groups excluding tert-OH is 1. The molecule has 53 heavy (non-hydrogen) atoms. The maximum atomic E-state index is 13.7. The first kappa shape index (κ1) is 39.8. The number of rotatable bonds is 12. The van der Waals surface area contributed by atoms with E-state index in [0.717, 1.165) is 10.5 Å². The zero-order valence-electron chi connectivity index (χ0n) is 29.5. The van der Waals surface area contributed by atoms with Gasteiger partial charge in [-0.3, -0.25) is 28.9 Å². The Morgan fingerprint density at radius 3 is 2.21 bits per heavy atom. The monoisotopic (exact) mass is 732 g/mol. The van der Waals surface area contributed by atoms with Crippen LogP contribution in [0.2, 0.25) is 0 Å². The van der Waals surface area contributed by atoms with Crippen molar-refractivity contribution in [2.45, 2.75) is 43.4 Å². The Labute approximate surface area is 305 Å². The van der Waals surface area contributed by atoms with Crippen LogP contribution in [-0.2, 0) is 41.6 Å². The van der Waals surface area contributed by atoms with E-state index in [1.54, 1.807) is 14.1 Å². The molecule has 16 heteroatoms. The topological polar surface area (TPSA) is 238 Å². The van der Waals surface area contributed by atoms with Gasteiger partial charge in [0.05, 0.1) is 19.7 Å². The van der Waals surface area contributed by atoms with Gasteiger partial charge in [-0.1, -0.05) is 42.5 Å². The van der Waals surface area contributed by atoms with Crippen molar-refractivity contribution in [2.75, 3.05) is 40.8 Å². The van der Waals surface area contributed by atoms with Gasteiger partial charge in [-0.15, -0.1) is 0 Å². The van der Waals surface area contributed by atoms with Gasteiger partial charge in [0.2, 0.25) is 29.5 Å². The van der Waals surface area contributed by atoms with Gasteiger partial charge in [0.25, 0.3) is 0 Å². The number of carbonyl (C=O) groups excluding carboxylic acids is 5. The van der Waals surface area contributed by atoms with E-state index in [-0.39, 0.29) is 41.0 Å². The van der Waals surface area contributed by atoms with E-state index in [1.807, 2.05) is 30.3 Å². The van der Waals surface area contributed by atoms with Gasteiger partial charge in [0.1, 0.15) is 35.7 Å². The van der Waals surface area contributed by atoms with Crippen molar-refractivity contribution in [1.29, 1.82) is 0 Å². The summed E-state index contributed by atoms with van der Waals surface area (Å²) in [6.45, 7) is -1.73. The Hall–Kier alpha value is -6.00. The summed E-state index contributed by atoms with van der Waals surface area (Å²) in [6.07, 6.45) is 0.406. The van der Waals surface area contributed by atoms with Crippen molar-refractivity contribution in [2.24, 2.45) is 0 Å². The predicted molar refractivity (Wildman–Crippen MR) is 191 cm³/mol. The molecule has 0 aromatic heterocycles. The first-order valence-electron chi connectivity index (χ1n) is 16.8. The van der Waals surface area contributed by atoms with Crippen LogP contribution in [-0.4, -0.2) is 125 Å². The number of nitrogens with zero attached hydrogens (tertiary/aromatic N) is 2. The van der Waals surface area contributed by atoms with E-state index in [4.69, 9.17) is 0 Å². The van der Waals surface area contributed by atoms with E-state index in [1.165, 1.54) is 48.3 Å². The molecule has 1 heterocycles. The summed E-state index contributed by atoms with van der Waals surface area (Å²) in [7, 11) is 4.50. The minimum absolute atomic E-state index is 0.0812.